The first kappa shape index (κ1) is 12.3. The third-order valence-electron chi connectivity index (χ3n) is 1.27. The standard InChI is InChI=1S/C9H13ClO3/c1-2-3-7-13-9(12)8(11)5-4-6-10/h8,11H,2-3,6-7H2,1H3. The summed E-state index contributed by atoms with van der Waals surface area (Å²) in [6.45, 7) is 2.31. The van der Waals surface area contributed by atoms with Crippen molar-refractivity contribution in [3.05, 3.63) is 0 Å². The van der Waals surface area contributed by atoms with Crippen LogP contribution in [0.4, 0.5) is 0 Å². The Kier molecular flexibility index (Phi) is 7.47. The van der Waals surface area contributed by atoms with E-state index < -0.39 is 12.1 Å². The van der Waals surface area contributed by atoms with Crippen LogP contribution >= 0.6 is 11.6 Å². The minimum absolute atomic E-state index is 0.0965. The molecule has 3 nitrogen and oxygen atoms in total. The maximum atomic E-state index is 10.9. The third-order valence-corrected chi connectivity index (χ3v) is 1.40. The van der Waals surface area contributed by atoms with E-state index in [1.807, 2.05) is 6.92 Å². The zero-order chi connectivity index (χ0) is 10.1. The number of aliphatic hydroxyl groups is 1. The summed E-state index contributed by atoms with van der Waals surface area (Å²) >= 11 is 5.24. The van der Waals surface area contributed by atoms with Gasteiger partial charge in [0.2, 0.25) is 6.10 Å². The molecule has 0 heterocycles. The molecular weight excluding hydrogens is 192 g/mol. The molecule has 74 valence electrons. The van der Waals surface area contributed by atoms with Crippen LogP contribution in [0.15, 0.2) is 0 Å². The van der Waals surface area contributed by atoms with Gasteiger partial charge in [0.05, 0.1) is 12.5 Å². The van der Waals surface area contributed by atoms with Gasteiger partial charge in [-0.2, -0.15) is 0 Å². The van der Waals surface area contributed by atoms with Crippen LogP contribution in [0.25, 0.3) is 0 Å². The van der Waals surface area contributed by atoms with E-state index >= 15 is 0 Å². The van der Waals surface area contributed by atoms with E-state index in [4.69, 9.17) is 21.4 Å². The Morgan fingerprint density at radius 2 is 2.38 bits per heavy atom. The minimum Gasteiger partial charge on any atom is -0.463 e. The molecule has 0 saturated carbocycles. The quantitative estimate of drug-likeness (QED) is 0.321. The summed E-state index contributed by atoms with van der Waals surface area (Å²) in [6.07, 6.45) is 0.369. The van der Waals surface area contributed by atoms with Crippen LogP contribution in [0.2, 0.25) is 0 Å². The lowest BCUT2D eigenvalue weighted by molar-refractivity contribution is -0.150. The number of aliphatic hydroxyl groups excluding tert-OH is 1. The lowest BCUT2D eigenvalue weighted by Crippen LogP contribution is -2.21. The van der Waals surface area contributed by atoms with Crippen molar-refractivity contribution in [3.8, 4) is 11.8 Å². The number of unbranched alkanes of at least 4 members (excludes halogenated alkanes) is 1. The molecule has 0 aliphatic carbocycles. The van der Waals surface area contributed by atoms with E-state index in [2.05, 4.69) is 11.8 Å². The molecule has 13 heavy (non-hydrogen) atoms. The molecule has 0 spiro atoms. The minimum atomic E-state index is -1.37. The molecule has 1 atom stereocenters. The molecule has 1 N–H and O–H groups in total. The van der Waals surface area contributed by atoms with E-state index in [-0.39, 0.29) is 5.88 Å². The van der Waals surface area contributed by atoms with Gasteiger partial charge in [0, 0.05) is 0 Å². The zero-order valence-electron chi connectivity index (χ0n) is 7.55. The Balaban J connectivity index is 3.69. The van der Waals surface area contributed by atoms with Crippen LogP contribution in [0, 0.1) is 11.8 Å². The highest BCUT2D eigenvalue weighted by atomic mass is 35.5. The predicted molar refractivity (Wildman–Crippen MR) is 50.4 cm³/mol. The Hall–Kier alpha value is -0.720. The van der Waals surface area contributed by atoms with E-state index in [9.17, 15) is 4.79 Å². The molecule has 4 heteroatoms. The Labute approximate surface area is 83.0 Å². The van der Waals surface area contributed by atoms with Gasteiger partial charge in [-0.1, -0.05) is 25.2 Å². The van der Waals surface area contributed by atoms with Gasteiger partial charge in [-0.15, -0.1) is 11.6 Å². The van der Waals surface area contributed by atoms with Crippen molar-refractivity contribution in [1.29, 1.82) is 0 Å². The first-order chi connectivity index (χ1) is 6.22. The summed E-state index contributed by atoms with van der Waals surface area (Å²) in [5.74, 6) is 4.04. The van der Waals surface area contributed by atoms with Crippen molar-refractivity contribution in [3.63, 3.8) is 0 Å². The first-order valence-corrected chi connectivity index (χ1v) is 4.64. The highest BCUT2D eigenvalue weighted by Gasteiger charge is 2.12. The second-order valence-electron chi connectivity index (χ2n) is 2.38. The van der Waals surface area contributed by atoms with Crippen molar-refractivity contribution in [2.75, 3.05) is 12.5 Å². The van der Waals surface area contributed by atoms with Crippen molar-refractivity contribution < 1.29 is 14.6 Å². The van der Waals surface area contributed by atoms with Crippen LogP contribution in [-0.2, 0) is 9.53 Å². The van der Waals surface area contributed by atoms with E-state index in [0.717, 1.165) is 12.8 Å². The number of esters is 1. The second-order valence-corrected chi connectivity index (χ2v) is 2.65. The van der Waals surface area contributed by atoms with Crippen molar-refractivity contribution in [2.45, 2.75) is 25.9 Å². The van der Waals surface area contributed by atoms with Crippen molar-refractivity contribution in [2.24, 2.45) is 0 Å². The lowest BCUT2D eigenvalue weighted by atomic mass is 10.3. The molecule has 1 unspecified atom stereocenters. The van der Waals surface area contributed by atoms with Crippen LogP contribution in [0.3, 0.4) is 0 Å². The van der Waals surface area contributed by atoms with Crippen molar-refractivity contribution in [1.82, 2.24) is 0 Å². The SMILES string of the molecule is CCCCOC(=O)C(O)C#CCCl. The number of alkyl halides is 1. The highest BCUT2D eigenvalue weighted by Crippen LogP contribution is 1.92. The maximum Gasteiger partial charge on any atom is 0.347 e. The molecule has 0 aromatic rings. The number of carbonyl (C=O) groups is 1. The third kappa shape index (κ3) is 6.44. The topological polar surface area (TPSA) is 46.5 Å². The van der Waals surface area contributed by atoms with Gasteiger partial charge in [-0.05, 0) is 6.42 Å². The van der Waals surface area contributed by atoms with Crippen LogP contribution in [0.5, 0.6) is 0 Å². The fourth-order valence-corrected chi connectivity index (χ4v) is 0.667. The zero-order valence-corrected chi connectivity index (χ0v) is 8.30. The molecule has 0 bridgehead atoms. The van der Waals surface area contributed by atoms with Gasteiger partial charge in [-0.25, -0.2) is 4.79 Å². The molecular formula is C9H13ClO3. The Morgan fingerprint density at radius 1 is 1.69 bits per heavy atom. The van der Waals surface area contributed by atoms with Gasteiger partial charge in [0.1, 0.15) is 0 Å². The highest BCUT2D eigenvalue weighted by molar-refractivity contribution is 6.19. The summed E-state index contributed by atoms with van der Waals surface area (Å²) in [4.78, 5) is 10.9. The molecule has 0 aliphatic heterocycles. The lowest BCUT2D eigenvalue weighted by Gasteiger charge is -2.04. The number of carbonyl (C=O) groups excluding carboxylic acids is 1. The average Bonchev–Trinajstić information content (AvgIpc) is 2.14. The van der Waals surface area contributed by atoms with Crippen molar-refractivity contribution >= 4 is 17.6 Å². The molecule has 0 aromatic carbocycles. The Bertz CT molecular complexity index is 205. The summed E-state index contributed by atoms with van der Waals surface area (Å²) in [5.41, 5.74) is 0. The van der Waals surface area contributed by atoms with Gasteiger partial charge in [0.15, 0.2) is 0 Å². The first-order valence-electron chi connectivity index (χ1n) is 4.11. The van der Waals surface area contributed by atoms with E-state index in [1.54, 1.807) is 0 Å². The van der Waals surface area contributed by atoms with Gasteiger partial charge in [0.25, 0.3) is 0 Å². The molecule has 0 saturated heterocycles. The molecule has 0 amide bonds. The Morgan fingerprint density at radius 3 is 2.92 bits per heavy atom. The smallest absolute Gasteiger partial charge is 0.347 e. The molecule has 0 rings (SSSR count). The van der Waals surface area contributed by atoms with Gasteiger partial charge in [-0.3, -0.25) is 0 Å². The molecule has 0 fully saturated rings. The van der Waals surface area contributed by atoms with Gasteiger partial charge < -0.3 is 9.84 Å². The van der Waals surface area contributed by atoms with E-state index in [1.165, 1.54) is 0 Å². The summed E-state index contributed by atoms with van der Waals surface area (Å²) in [7, 11) is 0. The maximum absolute atomic E-state index is 10.9. The summed E-state index contributed by atoms with van der Waals surface area (Å²) < 4.78 is 4.71. The van der Waals surface area contributed by atoms with Gasteiger partial charge >= 0.3 is 5.97 Å². The number of ether oxygens (including phenoxy) is 1. The van der Waals surface area contributed by atoms with Crippen LogP contribution < -0.4 is 0 Å². The number of hydrogen-bond acceptors (Lipinski definition) is 3. The number of hydrogen-bond donors (Lipinski definition) is 1. The summed E-state index contributed by atoms with van der Waals surface area (Å²) in [6, 6.07) is 0. The fourth-order valence-electron chi connectivity index (χ4n) is 0.590. The summed E-state index contributed by atoms with van der Waals surface area (Å²) in [5, 5.41) is 9.04. The molecule has 0 aromatic heterocycles. The van der Waals surface area contributed by atoms with E-state index in [0.29, 0.717) is 6.61 Å². The number of rotatable bonds is 4. The fraction of sp³-hybridized carbons (Fsp3) is 0.667. The normalized spacial score (nSPS) is 11.3. The average molecular weight is 205 g/mol. The van der Waals surface area contributed by atoms with Crippen LogP contribution in [-0.4, -0.2) is 29.7 Å². The molecule has 0 radical (unpaired) electrons. The number of halogens is 1. The monoisotopic (exact) mass is 204 g/mol. The predicted octanol–water partition coefficient (Wildman–Crippen LogP) is 0.933. The van der Waals surface area contributed by atoms with Crippen LogP contribution in [0.1, 0.15) is 19.8 Å². The molecule has 0 aliphatic rings. The second kappa shape index (κ2) is 7.90. The largest absolute Gasteiger partial charge is 0.463 e.